The number of halogens is 1. The van der Waals surface area contributed by atoms with Crippen LogP contribution in [0.15, 0.2) is 30.4 Å². The van der Waals surface area contributed by atoms with Gasteiger partial charge in [0, 0.05) is 19.1 Å². The van der Waals surface area contributed by atoms with Gasteiger partial charge >= 0.3 is 0 Å². The van der Waals surface area contributed by atoms with Gasteiger partial charge in [0.1, 0.15) is 5.82 Å². The Hall–Kier alpha value is -1.35. The van der Waals surface area contributed by atoms with Crippen molar-refractivity contribution in [3.8, 4) is 0 Å². The molecular formula is C13H17FN2. The van der Waals surface area contributed by atoms with Crippen LogP contribution >= 0.6 is 0 Å². The predicted molar refractivity (Wildman–Crippen MR) is 65.0 cm³/mol. The fourth-order valence-corrected chi connectivity index (χ4v) is 2.08. The molecule has 2 rings (SSSR count). The van der Waals surface area contributed by atoms with Crippen LogP contribution < -0.4 is 10.6 Å². The molecule has 86 valence electrons. The summed E-state index contributed by atoms with van der Waals surface area (Å²) in [5, 5.41) is 0. The average molecular weight is 220 g/mol. The lowest BCUT2D eigenvalue weighted by Gasteiger charge is -2.29. The molecular weight excluding hydrogens is 203 g/mol. The highest BCUT2D eigenvalue weighted by molar-refractivity contribution is 5.57. The van der Waals surface area contributed by atoms with Crippen molar-refractivity contribution < 1.29 is 4.39 Å². The van der Waals surface area contributed by atoms with Crippen LogP contribution in [0, 0.1) is 5.82 Å². The molecule has 1 aliphatic heterocycles. The molecule has 0 aromatic heterocycles. The van der Waals surface area contributed by atoms with E-state index in [0.717, 1.165) is 25.1 Å². The van der Waals surface area contributed by atoms with Crippen molar-refractivity contribution in [1.82, 2.24) is 0 Å². The first-order valence-corrected chi connectivity index (χ1v) is 5.64. The maximum absolute atomic E-state index is 13.9. The number of nitrogens with two attached hydrogens (primary N) is 1. The molecule has 1 heterocycles. The lowest BCUT2D eigenvalue weighted by Crippen LogP contribution is -2.29. The molecule has 2 nitrogen and oxygen atoms in total. The molecule has 0 spiro atoms. The van der Waals surface area contributed by atoms with E-state index in [-0.39, 0.29) is 11.9 Å². The maximum atomic E-state index is 13.9. The smallest absolute Gasteiger partial charge is 0.146 e. The Morgan fingerprint density at radius 3 is 2.81 bits per heavy atom. The molecule has 2 N–H and O–H groups in total. The van der Waals surface area contributed by atoms with Crippen molar-refractivity contribution >= 4 is 5.69 Å². The van der Waals surface area contributed by atoms with Gasteiger partial charge < -0.3 is 10.6 Å². The number of para-hydroxylation sites is 1. The van der Waals surface area contributed by atoms with Crippen molar-refractivity contribution in [3.05, 3.63) is 41.7 Å². The molecule has 0 amide bonds. The van der Waals surface area contributed by atoms with Gasteiger partial charge in [-0.2, -0.15) is 0 Å². The van der Waals surface area contributed by atoms with Gasteiger partial charge in [0.2, 0.25) is 0 Å². The van der Waals surface area contributed by atoms with Crippen LogP contribution in [0.25, 0.3) is 0 Å². The zero-order chi connectivity index (χ0) is 11.5. The third-order valence-electron chi connectivity index (χ3n) is 2.88. The lowest BCUT2D eigenvalue weighted by molar-refractivity contribution is 0.612. The summed E-state index contributed by atoms with van der Waals surface area (Å²) >= 11 is 0. The van der Waals surface area contributed by atoms with Crippen LogP contribution in [-0.4, -0.2) is 13.1 Å². The first kappa shape index (κ1) is 11.1. The van der Waals surface area contributed by atoms with Crippen molar-refractivity contribution in [1.29, 1.82) is 0 Å². The first-order chi connectivity index (χ1) is 7.70. The van der Waals surface area contributed by atoms with Gasteiger partial charge in [0.25, 0.3) is 0 Å². The van der Waals surface area contributed by atoms with Gasteiger partial charge in [-0.3, -0.25) is 0 Å². The second-order valence-corrected chi connectivity index (χ2v) is 4.17. The monoisotopic (exact) mass is 220 g/mol. The zero-order valence-electron chi connectivity index (χ0n) is 9.49. The Kier molecular flexibility index (Phi) is 3.25. The van der Waals surface area contributed by atoms with E-state index in [0.29, 0.717) is 5.69 Å². The van der Waals surface area contributed by atoms with Crippen LogP contribution in [0.3, 0.4) is 0 Å². The number of hydrogen-bond acceptors (Lipinski definition) is 2. The van der Waals surface area contributed by atoms with Gasteiger partial charge in [-0.25, -0.2) is 4.39 Å². The van der Waals surface area contributed by atoms with Crippen molar-refractivity contribution in [2.45, 2.75) is 19.4 Å². The number of anilines is 1. The molecule has 0 radical (unpaired) electrons. The molecule has 0 fully saturated rings. The number of hydrogen-bond donors (Lipinski definition) is 1. The predicted octanol–water partition coefficient (Wildman–Crippen LogP) is 2.61. The highest BCUT2D eigenvalue weighted by Gasteiger charge is 2.18. The molecule has 0 saturated heterocycles. The minimum atomic E-state index is -0.176. The third-order valence-corrected chi connectivity index (χ3v) is 2.88. The van der Waals surface area contributed by atoms with Crippen molar-refractivity contribution in [2.24, 2.45) is 5.73 Å². The molecule has 1 atom stereocenters. The molecule has 3 heteroatoms. The van der Waals surface area contributed by atoms with E-state index < -0.39 is 0 Å². The first-order valence-electron chi connectivity index (χ1n) is 5.64. The molecule has 1 aliphatic rings. The minimum Gasteiger partial charge on any atom is -0.365 e. The number of nitrogens with zero attached hydrogens (tertiary/aromatic N) is 1. The largest absolute Gasteiger partial charge is 0.365 e. The summed E-state index contributed by atoms with van der Waals surface area (Å²) in [4.78, 5) is 2.05. The van der Waals surface area contributed by atoms with Gasteiger partial charge in [-0.15, -0.1) is 0 Å². The van der Waals surface area contributed by atoms with E-state index in [1.165, 1.54) is 6.07 Å². The number of rotatable bonds is 2. The highest BCUT2D eigenvalue weighted by atomic mass is 19.1. The molecule has 16 heavy (non-hydrogen) atoms. The second-order valence-electron chi connectivity index (χ2n) is 4.17. The second kappa shape index (κ2) is 4.66. The topological polar surface area (TPSA) is 29.3 Å². The van der Waals surface area contributed by atoms with Crippen LogP contribution in [-0.2, 0) is 0 Å². The Morgan fingerprint density at radius 2 is 2.19 bits per heavy atom. The molecule has 1 aromatic rings. The molecule has 1 aromatic carbocycles. The van der Waals surface area contributed by atoms with Crippen LogP contribution in [0.2, 0.25) is 0 Å². The summed E-state index contributed by atoms with van der Waals surface area (Å²) in [6.07, 6.45) is 5.16. The SMILES string of the molecule is C[C@@H](N)c1cccc(F)c1N1CC=CCC1. The van der Waals surface area contributed by atoms with Crippen molar-refractivity contribution in [3.63, 3.8) is 0 Å². The summed E-state index contributed by atoms with van der Waals surface area (Å²) in [6, 6.07) is 4.98. The van der Waals surface area contributed by atoms with Gasteiger partial charge in [-0.05, 0) is 25.0 Å². The lowest BCUT2D eigenvalue weighted by atomic mass is 10.0. The standard InChI is InChI=1S/C13H17FN2/c1-10(15)11-6-5-7-12(14)13(11)16-8-3-2-4-9-16/h2-3,5-7,10H,4,8-9,15H2,1H3/t10-/m1/s1. The van der Waals surface area contributed by atoms with E-state index in [1.807, 2.05) is 17.9 Å². The fraction of sp³-hybridized carbons (Fsp3) is 0.385. The molecule has 0 unspecified atom stereocenters. The third kappa shape index (κ3) is 2.09. The van der Waals surface area contributed by atoms with E-state index in [2.05, 4.69) is 12.2 Å². The van der Waals surface area contributed by atoms with Crippen LogP contribution in [0.1, 0.15) is 24.9 Å². The summed E-state index contributed by atoms with van der Waals surface area (Å²) < 4.78 is 13.9. The van der Waals surface area contributed by atoms with Gasteiger partial charge in [0.05, 0.1) is 5.69 Å². The Labute approximate surface area is 95.6 Å². The van der Waals surface area contributed by atoms with E-state index in [4.69, 9.17) is 5.73 Å². The van der Waals surface area contributed by atoms with E-state index in [1.54, 1.807) is 6.07 Å². The summed E-state index contributed by atoms with van der Waals surface area (Å²) in [5.74, 6) is -0.176. The van der Waals surface area contributed by atoms with Crippen molar-refractivity contribution in [2.75, 3.05) is 18.0 Å². The van der Waals surface area contributed by atoms with Crippen LogP contribution in [0.4, 0.5) is 10.1 Å². The summed E-state index contributed by atoms with van der Waals surface area (Å²) in [5.41, 5.74) is 7.43. The molecule has 0 bridgehead atoms. The Morgan fingerprint density at radius 1 is 1.38 bits per heavy atom. The summed E-state index contributed by atoms with van der Waals surface area (Å²) in [6.45, 7) is 3.51. The molecule has 0 saturated carbocycles. The number of benzene rings is 1. The summed E-state index contributed by atoms with van der Waals surface area (Å²) in [7, 11) is 0. The zero-order valence-corrected chi connectivity index (χ0v) is 9.49. The Balaban J connectivity index is 2.41. The van der Waals surface area contributed by atoms with Gasteiger partial charge in [0.15, 0.2) is 0 Å². The fourth-order valence-electron chi connectivity index (χ4n) is 2.08. The highest BCUT2D eigenvalue weighted by Crippen LogP contribution is 2.29. The maximum Gasteiger partial charge on any atom is 0.146 e. The minimum absolute atomic E-state index is 0.142. The van der Waals surface area contributed by atoms with Crippen LogP contribution in [0.5, 0.6) is 0 Å². The average Bonchev–Trinajstić information content (AvgIpc) is 2.29. The van der Waals surface area contributed by atoms with E-state index >= 15 is 0 Å². The Bertz CT molecular complexity index is 399. The normalized spacial score (nSPS) is 17.6. The van der Waals surface area contributed by atoms with Gasteiger partial charge in [-0.1, -0.05) is 24.3 Å². The molecule has 0 aliphatic carbocycles. The van der Waals surface area contributed by atoms with E-state index in [9.17, 15) is 4.39 Å². The quantitative estimate of drug-likeness (QED) is 0.776.